The first kappa shape index (κ1) is 17.7. The van der Waals surface area contributed by atoms with Crippen molar-refractivity contribution in [2.75, 3.05) is 6.54 Å². The van der Waals surface area contributed by atoms with Gasteiger partial charge in [-0.1, -0.05) is 70.0 Å². The van der Waals surface area contributed by atoms with Crippen LogP contribution in [0.1, 0.15) is 52.0 Å². The third-order valence-electron chi connectivity index (χ3n) is 4.61. The van der Waals surface area contributed by atoms with E-state index in [2.05, 4.69) is 75.0 Å². The van der Waals surface area contributed by atoms with Gasteiger partial charge in [-0.3, -0.25) is 4.99 Å². The lowest BCUT2D eigenvalue weighted by atomic mass is 9.72. The molecule has 0 aliphatic carbocycles. The number of nitrogens with zero attached hydrogens (tertiary/aromatic N) is 1. The monoisotopic (exact) mass is 285 g/mol. The molecule has 0 fully saturated rings. The van der Waals surface area contributed by atoms with Gasteiger partial charge in [0.2, 0.25) is 0 Å². The Hall–Kier alpha value is -1.37. The van der Waals surface area contributed by atoms with E-state index in [1.807, 2.05) is 0 Å². The average molecular weight is 285 g/mol. The van der Waals surface area contributed by atoms with Gasteiger partial charge in [0, 0.05) is 6.54 Å². The minimum atomic E-state index is 0.300. The number of aliphatic imine (C=N–C) groups is 1. The third kappa shape index (κ3) is 6.29. The first-order valence-electron chi connectivity index (χ1n) is 8.27. The summed E-state index contributed by atoms with van der Waals surface area (Å²) in [6.45, 7) is 11.8. The Morgan fingerprint density at radius 3 is 2.62 bits per heavy atom. The number of unbranched alkanes of at least 4 members (excludes halogenated alkanes) is 1. The van der Waals surface area contributed by atoms with Crippen molar-refractivity contribution < 1.29 is 0 Å². The van der Waals surface area contributed by atoms with Crippen LogP contribution in [0, 0.1) is 11.3 Å². The summed E-state index contributed by atoms with van der Waals surface area (Å²) in [6.07, 6.45) is 10.1. The highest BCUT2D eigenvalue weighted by Gasteiger charge is 2.27. The summed E-state index contributed by atoms with van der Waals surface area (Å²) in [5.74, 6) is 0.532. The van der Waals surface area contributed by atoms with Crippen molar-refractivity contribution in [1.29, 1.82) is 0 Å². The molecule has 0 aliphatic heterocycles. The molecule has 116 valence electrons. The molecule has 1 nitrogen and oxygen atoms in total. The zero-order chi connectivity index (χ0) is 15.6. The molecule has 0 saturated carbocycles. The van der Waals surface area contributed by atoms with Crippen LogP contribution in [-0.2, 0) is 6.42 Å². The number of allylic oxidation sites excluding steroid dienone is 1. The Kier molecular flexibility index (Phi) is 8.04. The van der Waals surface area contributed by atoms with Crippen LogP contribution >= 0.6 is 0 Å². The van der Waals surface area contributed by atoms with Crippen LogP contribution in [0.15, 0.2) is 48.0 Å². The van der Waals surface area contributed by atoms with Gasteiger partial charge in [-0.15, -0.1) is 6.58 Å². The van der Waals surface area contributed by atoms with Crippen LogP contribution in [0.2, 0.25) is 0 Å². The molecule has 0 heterocycles. The van der Waals surface area contributed by atoms with Crippen molar-refractivity contribution in [2.45, 2.75) is 52.9 Å². The summed E-state index contributed by atoms with van der Waals surface area (Å²) in [7, 11) is 0. The quantitative estimate of drug-likeness (QED) is 0.386. The fourth-order valence-electron chi connectivity index (χ4n) is 2.58. The summed E-state index contributed by atoms with van der Waals surface area (Å²) in [5.41, 5.74) is 1.66. The van der Waals surface area contributed by atoms with Gasteiger partial charge in [-0.25, -0.2) is 0 Å². The lowest BCUT2D eigenvalue weighted by Crippen LogP contribution is -2.24. The highest BCUT2D eigenvalue weighted by molar-refractivity contribution is 5.58. The molecule has 0 aromatic heterocycles. The van der Waals surface area contributed by atoms with Gasteiger partial charge in [0.25, 0.3) is 0 Å². The summed E-state index contributed by atoms with van der Waals surface area (Å²) < 4.78 is 0. The van der Waals surface area contributed by atoms with E-state index in [-0.39, 0.29) is 0 Å². The molecule has 0 saturated heterocycles. The smallest absolute Gasteiger partial charge is 0.0425 e. The lowest BCUT2D eigenvalue weighted by Gasteiger charge is -2.33. The summed E-state index contributed by atoms with van der Waals surface area (Å²) in [5, 5.41) is 0. The molecule has 1 heteroatoms. The van der Waals surface area contributed by atoms with Crippen LogP contribution in [-0.4, -0.2) is 12.8 Å². The van der Waals surface area contributed by atoms with Crippen LogP contribution < -0.4 is 0 Å². The molecule has 0 amide bonds. The van der Waals surface area contributed by atoms with E-state index < -0.39 is 0 Å². The molecule has 2 atom stereocenters. The second kappa shape index (κ2) is 9.55. The van der Waals surface area contributed by atoms with Gasteiger partial charge in [0.15, 0.2) is 0 Å². The molecule has 0 radical (unpaired) electrons. The molecule has 0 spiro atoms. The zero-order valence-corrected chi connectivity index (χ0v) is 14.0. The highest BCUT2D eigenvalue weighted by Crippen LogP contribution is 2.36. The number of hydrogen-bond donors (Lipinski definition) is 0. The van der Waals surface area contributed by atoms with Crippen molar-refractivity contribution in [3.8, 4) is 0 Å². The number of benzene rings is 1. The Bertz CT molecular complexity index is 421. The average Bonchev–Trinajstić information content (AvgIpc) is 2.52. The van der Waals surface area contributed by atoms with Gasteiger partial charge in [-0.05, 0) is 42.4 Å². The molecule has 21 heavy (non-hydrogen) atoms. The molecule has 1 aromatic rings. The molecule has 0 N–H and O–H groups in total. The van der Waals surface area contributed by atoms with Gasteiger partial charge in [-0.2, -0.15) is 0 Å². The fraction of sp³-hybridized carbons (Fsp3) is 0.550. The third-order valence-corrected chi connectivity index (χ3v) is 4.61. The van der Waals surface area contributed by atoms with Crippen molar-refractivity contribution in [3.05, 3.63) is 48.6 Å². The van der Waals surface area contributed by atoms with Gasteiger partial charge < -0.3 is 0 Å². The molecule has 1 aromatic carbocycles. The fourth-order valence-corrected chi connectivity index (χ4v) is 2.58. The Labute approximate surface area is 131 Å². The second-order valence-corrected chi connectivity index (χ2v) is 6.31. The zero-order valence-electron chi connectivity index (χ0n) is 14.0. The maximum atomic E-state index is 4.62. The van der Waals surface area contributed by atoms with E-state index in [1.54, 1.807) is 0 Å². The van der Waals surface area contributed by atoms with E-state index in [1.165, 1.54) is 24.8 Å². The van der Waals surface area contributed by atoms with E-state index in [4.69, 9.17) is 0 Å². The molecule has 2 unspecified atom stereocenters. The molecular formula is C20H31N. The normalized spacial score (nSPS) is 15.8. The Morgan fingerprint density at radius 1 is 1.29 bits per heavy atom. The van der Waals surface area contributed by atoms with Crippen LogP contribution in [0.5, 0.6) is 0 Å². The van der Waals surface area contributed by atoms with E-state index >= 15 is 0 Å². The predicted octanol–water partition coefficient (Wildman–Crippen LogP) is 5.71. The van der Waals surface area contributed by atoms with Gasteiger partial charge in [0.05, 0.1) is 0 Å². The minimum absolute atomic E-state index is 0.300. The maximum Gasteiger partial charge on any atom is 0.0425 e. The summed E-state index contributed by atoms with van der Waals surface area (Å²) >= 11 is 0. The summed E-state index contributed by atoms with van der Waals surface area (Å²) in [6, 6.07) is 10.6. The van der Waals surface area contributed by atoms with E-state index in [0.717, 1.165) is 19.4 Å². The van der Waals surface area contributed by atoms with E-state index in [9.17, 15) is 0 Å². The van der Waals surface area contributed by atoms with Gasteiger partial charge in [0.1, 0.15) is 0 Å². The van der Waals surface area contributed by atoms with Crippen LogP contribution in [0.3, 0.4) is 0 Å². The first-order chi connectivity index (χ1) is 10.1. The van der Waals surface area contributed by atoms with Crippen LogP contribution in [0.25, 0.3) is 0 Å². The number of hydrogen-bond acceptors (Lipinski definition) is 1. The highest BCUT2D eigenvalue weighted by atomic mass is 14.7. The SMILES string of the molecule is C=CC(C)C(C)(CC=NCCc1ccccc1)CCCC. The first-order valence-corrected chi connectivity index (χ1v) is 8.27. The van der Waals surface area contributed by atoms with E-state index in [0.29, 0.717) is 11.3 Å². The van der Waals surface area contributed by atoms with Crippen molar-refractivity contribution >= 4 is 6.21 Å². The lowest BCUT2D eigenvalue weighted by molar-refractivity contribution is 0.228. The standard InChI is InChI=1S/C20H31N/c1-5-7-14-20(4,18(3)6-2)15-17-21-16-13-19-11-9-8-10-12-19/h6,8-12,17-18H,2,5,7,13-16H2,1,3-4H3. The molecule has 1 rings (SSSR count). The minimum Gasteiger partial charge on any atom is -0.297 e. The van der Waals surface area contributed by atoms with Crippen molar-refractivity contribution in [1.82, 2.24) is 0 Å². The van der Waals surface area contributed by atoms with Crippen molar-refractivity contribution in [2.24, 2.45) is 16.3 Å². The molecule has 0 bridgehead atoms. The molecular weight excluding hydrogens is 254 g/mol. The number of rotatable bonds is 10. The Balaban J connectivity index is 2.44. The van der Waals surface area contributed by atoms with Crippen LogP contribution in [0.4, 0.5) is 0 Å². The topological polar surface area (TPSA) is 12.4 Å². The van der Waals surface area contributed by atoms with Crippen molar-refractivity contribution in [3.63, 3.8) is 0 Å². The summed E-state index contributed by atoms with van der Waals surface area (Å²) in [4.78, 5) is 4.62. The predicted molar refractivity (Wildman–Crippen MR) is 95.1 cm³/mol. The Morgan fingerprint density at radius 2 is 2.00 bits per heavy atom. The largest absolute Gasteiger partial charge is 0.297 e. The second-order valence-electron chi connectivity index (χ2n) is 6.31. The maximum absolute atomic E-state index is 4.62. The molecule has 0 aliphatic rings. The van der Waals surface area contributed by atoms with Gasteiger partial charge >= 0.3 is 0 Å².